The molecular formula is C18H27N3. The molecule has 114 valence electrons. The quantitative estimate of drug-likeness (QED) is 0.479. The van der Waals surface area contributed by atoms with Crippen molar-refractivity contribution in [3.05, 3.63) is 47.5 Å². The molecule has 0 amide bonds. The maximum Gasteiger partial charge on any atom is 0.191 e. The predicted molar refractivity (Wildman–Crippen MR) is 90.8 cm³/mol. The molecule has 3 heteroatoms. The lowest BCUT2D eigenvalue weighted by Gasteiger charge is -2.16. The van der Waals surface area contributed by atoms with Gasteiger partial charge in [-0.25, -0.2) is 0 Å². The van der Waals surface area contributed by atoms with Gasteiger partial charge in [-0.05, 0) is 43.7 Å². The molecule has 0 saturated carbocycles. The van der Waals surface area contributed by atoms with Gasteiger partial charge in [0.2, 0.25) is 0 Å². The van der Waals surface area contributed by atoms with Crippen molar-refractivity contribution in [3.63, 3.8) is 0 Å². The molecule has 0 radical (unpaired) electrons. The van der Waals surface area contributed by atoms with E-state index in [1.165, 1.54) is 11.1 Å². The lowest BCUT2D eigenvalue weighted by molar-refractivity contribution is 0.633. The largest absolute Gasteiger partial charge is 0.357 e. The predicted octanol–water partition coefficient (Wildman–Crippen LogP) is 3.07. The highest BCUT2D eigenvalue weighted by molar-refractivity contribution is 5.80. The van der Waals surface area contributed by atoms with E-state index in [2.05, 4.69) is 65.9 Å². The highest BCUT2D eigenvalue weighted by Gasteiger charge is 2.11. The second-order valence-corrected chi connectivity index (χ2v) is 5.46. The molecule has 0 aliphatic heterocycles. The van der Waals surface area contributed by atoms with Crippen LogP contribution in [0.15, 0.2) is 41.4 Å². The fraction of sp³-hybridized carbons (Fsp3) is 0.500. The van der Waals surface area contributed by atoms with Gasteiger partial charge in [0.05, 0.1) is 0 Å². The molecule has 0 fully saturated rings. The molecule has 3 nitrogen and oxygen atoms in total. The summed E-state index contributed by atoms with van der Waals surface area (Å²) < 4.78 is 0. The summed E-state index contributed by atoms with van der Waals surface area (Å²) in [6.45, 7) is 6.01. The SMILES string of the molecule is CCNC(=NCCc1ccc(CC)cc1)NC1CC=CC1. The number of nitrogens with one attached hydrogen (secondary N) is 2. The van der Waals surface area contributed by atoms with E-state index >= 15 is 0 Å². The highest BCUT2D eigenvalue weighted by atomic mass is 15.2. The van der Waals surface area contributed by atoms with Crippen LogP contribution in [0.1, 0.15) is 37.8 Å². The van der Waals surface area contributed by atoms with Crippen LogP contribution in [0.5, 0.6) is 0 Å². The van der Waals surface area contributed by atoms with Gasteiger partial charge in [-0.1, -0.05) is 43.3 Å². The summed E-state index contributed by atoms with van der Waals surface area (Å²) in [6.07, 6.45) is 8.75. The van der Waals surface area contributed by atoms with Gasteiger partial charge in [0.1, 0.15) is 0 Å². The van der Waals surface area contributed by atoms with Gasteiger partial charge in [-0.15, -0.1) is 0 Å². The van der Waals surface area contributed by atoms with E-state index in [0.717, 1.165) is 44.7 Å². The molecule has 0 atom stereocenters. The smallest absolute Gasteiger partial charge is 0.191 e. The Labute approximate surface area is 128 Å². The maximum absolute atomic E-state index is 4.68. The molecule has 0 bridgehead atoms. The monoisotopic (exact) mass is 285 g/mol. The third kappa shape index (κ3) is 5.25. The zero-order valence-corrected chi connectivity index (χ0v) is 13.2. The molecule has 2 rings (SSSR count). The second kappa shape index (κ2) is 8.50. The molecule has 1 aliphatic carbocycles. The van der Waals surface area contributed by atoms with Crippen LogP contribution in [-0.2, 0) is 12.8 Å². The minimum atomic E-state index is 0.506. The number of rotatable bonds is 6. The van der Waals surface area contributed by atoms with Gasteiger partial charge in [0.25, 0.3) is 0 Å². The number of benzene rings is 1. The molecule has 0 saturated heterocycles. The van der Waals surface area contributed by atoms with Gasteiger partial charge in [-0.2, -0.15) is 0 Å². The first-order valence-electron chi connectivity index (χ1n) is 8.09. The molecule has 21 heavy (non-hydrogen) atoms. The minimum absolute atomic E-state index is 0.506. The third-order valence-corrected chi connectivity index (χ3v) is 3.79. The van der Waals surface area contributed by atoms with Crippen LogP contribution in [0.4, 0.5) is 0 Å². The molecule has 0 unspecified atom stereocenters. The Morgan fingerprint density at radius 2 is 1.76 bits per heavy atom. The zero-order chi connectivity index (χ0) is 14.9. The standard InChI is InChI=1S/C18H27N3/c1-3-15-9-11-16(12-10-15)13-14-20-18(19-4-2)21-17-7-5-6-8-17/h5-6,9-12,17H,3-4,7-8,13-14H2,1-2H3,(H2,19,20,21). The first kappa shape index (κ1) is 15.6. The second-order valence-electron chi connectivity index (χ2n) is 5.46. The third-order valence-electron chi connectivity index (χ3n) is 3.79. The zero-order valence-electron chi connectivity index (χ0n) is 13.2. The molecule has 1 aliphatic rings. The van der Waals surface area contributed by atoms with E-state index in [9.17, 15) is 0 Å². The topological polar surface area (TPSA) is 36.4 Å². The summed E-state index contributed by atoms with van der Waals surface area (Å²) in [7, 11) is 0. The summed E-state index contributed by atoms with van der Waals surface area (Å²) in [6, 6.07) is 9.37. The summed E-state index contributed by atoms with van der Waals surface area (Å²) in [5.74, 6) is 0.941. The van der Waals surface area contributed by atoms with Crippen molar-refractivity contribution in [3.8, 4) is 0 Å². The molecule has 2 N–H and O–H groups in total. The van der Waals surface area contributed by atoms with Gasteiger partial charge in [-0.3, -0.25) is 4.99 Å². The summed E-state index contributed by atoms with van der Waals surface area (Å²) >= 11 is 0. The van der Waals surface area contributed by atoms with Crippen LogP contribution in [0.2, 0.25) is 0 Å². The summed E-state index contributed by atoms with van der Waals surface area (Å²) in [5.41, 5.74) is 2.75. The summed E-state index contributed by atoms with van der Waals surface area (Å²) in [5, 5.41) is 6.82. The highest BCUT2D eigenvalue weighted by Crippen LogP contribution is 2.09. The first-order valence-corrected chi connectivity index (χ1v) is 8.09. The van der Waals surface area contributed by atoms with Crippen molar-refractivity contribution in [2.24, 2.45) is 4.99 Å². The molecule has 1 aromatic carbocycles. The Morgan fingerprint density at radius 3 is 2.38 bits per heavy atom. The van der Waals surface area contributed by atoms with Crippen molar-refractivity contribution in [1.82, 2.24) is 10.6 Å². The summed E-state index contributed by atoms with van der Waals surface area (Å²) in [4.78, 5) is 4.68. The van der Waals surface area contributed by atoms with Crippen LogP contribution in [0.3, 0.4) is 0 Å². The van der Waals surface area contributed by atoms with Crippen LogP contribution in [-0.4, -0.2) is 25.1 Å². The molecule has 0 spiro atoms. The van der Waals surface area contributed by atoms with Crippen LogP contribution >= 0.6 is 0 Å². The normalized spacial score (nSPS) is 15.4. The number of hydrogen-bond acceptors (Lipinski definition) is 1. The fourth-order valence-electron chi connectivity index (χ4n) is 2.49. The van der Waals surface area contributed by atoms with E-state index < -0.39 is 0 Å². The van der Waals surface area contributed by atoms with Crippen LogP contribution in [0, 0.1) is 0 Å². The number of nitrogens with zero attached hydrogens (tertiary/aromatic N) is 1. The molecular weight excluding hydrogens is 258 g/mol. The Hall–Kier alpha value is -1.77. The van der Waals surface area contributed by atoms with Gasteiger partial charge >= 0.3 is 0 Å². The van der Waals surface area contributed by atoms with Crippen molar-refractivity contribution in [1.29, 1.82) is 0 Å². The van der Waals surface area contributed by atoms with Gasteiger partial charge in [0, 0.05) is 19.1 Å². The van der Waals surface area contributed by atoms with Crippen molar-refractivity contribution >= 4 is 5.96 Å². The Morgan fingerprint density at radius 1 is 1.10 bits per heavy atom. The minimum Gasteiger partial charge on any atom is -0.357 e. The van der Waals surface area contributed by atoms with Gasteiger partial charge < -0.3 is 10.6 Å². The van der Waals surface area contributed by atoms with Crippen LogP contribution in [0.25, 0.3) is 0 Å². The van der Waals surface area contributed by atoms with E-state index in [-0.39, 0.29) is 0 Å². The number of guanidine groups is 1. The van der Waals surface area contributed by atoms with E-state index in [4.69, 9.17) is 0 Å². The molecule has 0 aromatic heterocycles. The Bertz CT molecular complexity index is 466. The fourth-order valence-corrected chi connectivity index (χ4v) is 2.49. The van der Waals surface area contributed by atoms with Crippen molar-refractivity contribution in [2.45, 2.75) is 45.6 Å². The first-order chi connectivity index (χ1) is 10.3. The number of hydrogen-bond donors (Lipinski definition) is 2. The van der Waals surface area contributed by atoms with E-state index in [1.807, 2.05) is 0 Å². The number of aryl methyl sites for hydroxylation is 1. The van der Waals surface area contributed by atoms with Crippen LogP contribution < -0.4 is 10.6 Å². The van der Waals surface area contributed by atoms with Crippen molar-refractivity contribution in [2.75, 3.05) is 13.1 Å². The van der Waals surface area contributed by atoms with Gasteiger partial charge in [0.15, 0.2) is 5.96 Å². The van der Waals surface area contributed by atoms with E-state index in [1.54, 1.807) is 0 Å². The van der Waals surface area contributed by atoms with Crippen molar-refractivity contribution < 1.29 is 0 Å². The maximum atomic E-state index is 4.68. The lowest BCUT2D eigenvalue weighted by Crippen LogP contribution is -2.42. The van der Waals surface area contributed by atoms with E-state index in [0.29, 0.717) is 6.04 Å². The Balaban J connectivity index is 1.83. The molecule has 0 heterocycles. The lowest BCUT2D eigenvalue weighted by atomic mass is 10.1. The average molecular weight is 285 g/mol. The number of aliphatic imine (C=N–C) groups is 1. The Kier molecular flexibility index (Phi) is 6.32. The average Bonchev–Trinajstić information content (AvgIpc) is 3.01. The molecule has 1 aromatic rings.